The van der Waals surface area contributed by atoms with Crippen LogP contribution in [0.25, 0.3) is 0 Å². The third-order valence-corrected chi connectivity index (χ3v) is 2.74. The maximum absolute atomic E-state index is 5.92. The molecule has 0 unspecified atom stereocenters. The van der Waals surface area contributed by atoms with Crippen molar-refractivity contribution in [1.82, 2.24) is 9.88 Å². The minimum Gasteiger partial charge on any atom is -0.370 e. The van der Waals surface area contributed by atoms with Gasteiger partial charge in [-0.3, -0.25) is 0 Å². The molecule has 0 saturated heterocycles. The highest BCUT2D eigenvalue weighted by Gasteiger charge is 2.03. The molecule has 0 atom stereocenters. The van der Waals surface area contributed by atoms with Crippen LogP contribution in [-0.2, 0) is 6.54 Å². The molecule has 18 heavy (non-hydrogen) atoms. The number of rotatable bonds is 5. The van der Waals surface area contributed by atoms with Crippen molar-refractivity contribution in [2.75, 3.05) is 32.1 Å². The van der Waals surface area contributed by atoms with Gasteiger partial charge in [0.15, 0.2) is 5.96 Å². The maximum Gasteiger partial charge on any atom is 0.191 e. The van der Waals surface area contributed by atoms with Crippen LogP contribution >= 0.6 is 0 Å². The van der Waals surface area contributed by atoms with Gasteiger partial charge in [-0.25, -0.2) is 9.98 Å². The first-order valence-corrected chi connectivity index (χ1v) is 6.26. The summed E-state index contributed by atoms with van der Waals surface area (Å²) in [5.41, 5.74) is 6.85. The Morgan fingerprint density at radius 2 is 1.94 bits per heavy atom. The van der Waals surface area contributed by atoms with Gasteiger partial charge in [0.25, 0.3) is 0 Å². The summed E-state index contributed by atoms with van der Waals surface area (Å²) in [6.07, 6.45) is 0. The van der Waals surface area contributed by atoms with E-state index >= 15 is 0 Å². The molecule has 0 aliphatic heterocycles. The van der Waals surface area contributed by atoms with E-state index in [1.807, 2.05) is 42.1 Å². The van der Waals surface area contributed by atoms with Crippen molar-refractivity contribution in [3.63, 3.8) is 0 Å². The molecule has 1 aromatic rings. The smallest absolute Gasteiger partial charge is 0.191 e. The van der Waals surface area contributed by atoms with Gasteiger partial charge in [-0.1, -0.05) is 6.07 Å². The standard InChI is InChI=1S/C13H23N5/c1-5-18(6-2)13(14)15-10-11-8-7-9-12(16-11)17(3)4/h7-9H,5-6,10H2,1-4H3,(H2,14,15). The van der Waals surface area contributed by atoms with Gasteiger partial charge in [-0.2, -0.15) is 0 Å². The molecule has 0 aliphatic rings. The van der Waals surface area contributed by atoms with Crippen LogP contribution < -0.4 is 10.6 Å². The van der Waals surface area contributed by atoms with Gasteiger partial charge in [0.1, 0.15) is 5.82 Å². The van der Waals surface area contributed by atoms with Gasteiger partial charge in [-0.05, 0) is 26.0 Å². The quantitative estimate of drug-likeness (QED) is 0.631. The SMILES string of the molecule is CCN(CC)C(N)=NCc1cccc(N(C)C)n1. The molecule has 0 spiro atoms. The van der Waals surface area contributed by atoms with E-state index < -0.39 is 0 Å². The molecule has 5 nitrogen and oxygen atoms in total. The van der Waals surface area contributed by atoms with E-state index in [1.54, 1.807) is 0 Å². The Labute approximate surface area is 109 Å². The Morgan fingerprint density at radius 3 is 2.50 bits per heavy atom. The van der Waals surface area contributed by atoms with Gasteiger partial charge in [0.2, 0.25) is 0 Å². The Kier molecular flexibility index (Phi) is 5.42. The van der Waals surface area contributed by atoms with E-state index in [-0.39, 0.29) is 0 Å². The topological polar surface area (TPSA) is 57.8 Å². The number of aromatic nitrogens is 1. The first-order valence-electron chi connectivity index (χ1n) is 6.26. The van der Waals surface area contributed by atoms with Crippen molar-refractivity contribution in [2.45, 2.75) is 20.4 Å². The summed E-state index contributed by atoms with van der Waals surface area (Å²) in [7, 11) is 3.94. The molecular formula is C13H23N5. The zero-order valence-corrected chi connectivity index (χ0v) is 11.7. The molecule has 1 rings (SSSR count). The number of pyridine rings is 1. The Morgan fingerprint density at radius 1 is 1.28 bits per heavy atom. The fourth-order valence-electron chi connectivity index (χ4n) is 1.61. The average molecular weight is 249 g/mol. The van der Waals surface area contributed by atoms with Crippen molar-refractivity contribution in [1.29, 1.82) is 0 Å². The summed E-state index contributed by atoms with van der Waals surface area (Å²) in [4.78, 5) is 12.9. The second kappa shape index (κ2) is 6.83. The molecule has 0 bridgehead atoms. The van der Waals surface area contributed by atoms with Crippen LogP contribution in [0, 0.1) is 0 Å². The second-order valence-corrected chi connectivity index (χ2v) is 4.23. The third kappa shape index (κ3) is 3.91. The minimum absolute atomic E-state index is 0.518. The molecule has 1 aromatic heterocycles. The predicted molar refractivity (Wildman–Crippen MR) is 76.8 cm³/mol. The molecule has 0 amide bonds. The van der Waals surface area contributed by atoms with E-state index in [0.29, 0.717) is 12.5 Å². The molecule has 0 aliphatic carbocycles. The van der Waals surface area contributed by atoms with Gasteiger partial charge in [0, 0.05) is 27.2 Å². The summed E-state index contributed by atoms with van der Waals surface area (Å²) in [6.45, 7) is 6.39. The first-order chi connectivity index (χ1) is 8.58. The molecular weight excluding hydrogens is 226 g/mol. The van der Waals surface area contributed by atoms with Gasteiger partial charge >= 0.3 is 0 Å². The Balaban J connectivity index is 2.73. The number of nitrogens with zero attached hydrogens (tertiary/aromatic N) is 4. The van der Waals surface area contributed by atoms with E-state index in [0.717, 1.165) is 24.6 Å². The van der Waals surface area contributed by atoms with Gasteiger partial charge < -0.3 is 15.5 Å². The number of aliphatic imine (C=N–C) groups is 1. The first kappa shape index (κ1) is 14.3. The number of guanidine groups is 1. The summed E-state index contributed by atoms with van der Waals surface area (Å²) in [6, 6.07) is 5.92. The number of hydrogen-bond acceptors (Lipinski definition) is 3. The van der Waals surface area contributed by atoms with Crippen molar-refractivity contribution < 1.29 is 0 Å². The summed E-state index contributed by atoms with van der Waals surface area (Å²) in [5, 5.41) is 0. The molecule has 5 heteroatoms. The van der Waals surface area contributed by atoms with Crippen LogP contribution in [0.4, 0.5) is 5.82 Å². The van der Waals surface area contributed by atoms with E-state index in [9.17, 15) is 0 Å². The third-order valence-electron chi connectivity index (χ3n) is 2.74. The lowest BCUT2D eigenvalue weighted by molar-refractivity contribution is 0.458. The molecule has 0 fully saturated rings. The molecule has 0 aromatic carbocycles. The molecule has 1 heterocycles. The summed E-state index contributed by atoms with van der Waals surface area (Å²) < 4.78 is 0. The average Bonchev–Trinajstić information content (AvgIpc) is 2.38. The maximum atomic E-state index is 5.92. The number of nitrogens with two attached hydrogens (primary N) is 1. The largest absolute Gasteiger partial charge is 0.370 e. The van der Waals surface area contributed by atoms with Crippen LogP contribution in [-0.4, -0.2) is 43.0 Å². The van der Waals surface area contributed by atoms with Crippen LogP contribution in [0.5, 0.6) is 0 Å². The number of anilines is 1. The Hall–Kier alpha value is -1.78. The second-order valence-electron chi connectivity index (χ2n) is 4.23. The number of hydrogen-bond donors (Lipinski definition) is 1. The molecule has 0 saturated carbocycles. The van der Waals surface area contributed by atoms with Gasteiger partial charge in [0.05, 0.1) is 12.2 Å². The van der Waals surface area contributed by atoms with Crippen molar-refractivity contribution in [2.24, 2.45) is 10.7 Å². The lowest BCUT2D eigenvalue weighted by Gasteiger charge is -2.19. The van der Waals surface area contributed by atoms with Crippen molar-refractivity contribution >= 4 is 11.8 Å². The van der Waals surface area contributed by atoms with Crippen LogP contribution in [0.15, 0.2) is 23.2 Å². The van der Waals surface area contributed by atoms with E-state index in [1.165, 1.54) is 0 Å². The highest BCUT2D eigenvalue weighted by Crippen LogP contribution is 2.08. The molecule has 100 valence electrons. The normalized spacial score (nSPS) is 11.4. The monoisotopic (exact) mass is 249 g/mol. The van der Waals surface area contributed by atoms with E-state index in [4.69, 9.17) is 5.73 Å². The predicted octanol–water partition coefficient (Wildman–Crippen LogP) is 1.30. The molecule has 0 radical (unpaired) electrons. The fraction of sp³-hybridized carbons (Fsp3) is 0.538. The van der Waals surface area contributed by atoms with Crippen molar-refractivity contribution in [3.8, 4) is 0 Å². The zero-order chi connectivity index (χ0) is 13.5. The fourth-order valence-corrected chi connectivity index (χ4v) is 1.61. The molecule has 2 N–H and O–H groups in total. The van der Waals surface area contributed by atoms with Crippen LogP contribution in [0.3, 0.4) is 0 Å². The van der Waals surface area contributed by atoms with Crippen LogP contribution in [0.1, 0.15) is 19.5 Å². The highest BCUT2D eigenvalue weighted by molar-refractivity contribution is 5.77. The lowest BCUT2D eigenvalue weighted by atomic mass is 10.3. The summed E-state index contributed by atoms with van der Waals surface area (Å²) >= 11 is 0. The zero-order valence-electron chi connectivity index (χ0n) is 11.7. The van der Waals surface area contributed by atoms with E-state index in [2.05, 4.69) is 23.8 Å². The lowest BCUT2D eigenvalue weighted by Crippen LogP contribution is -2.37. The van der Waals surface area contributed by atoms with Crippen molar-refractivity contribution in [3.05, 3.63) is 23.9 Å². The minimum atomic E-state index is 0.518. The van der Waals surface area contributed by atoms with Crippen LogP contribution in [0.2, 0.25) is 0 Å². The highest BCUT2D eigenvalue weighted by atomic mass is 15.2. The van der Waals surface area contributed by atoms with Gasteiger partial charge in [-0.15, -0.1) is 0 Å². The Bertz CT molecular complexity index is 396. The summed E-state index contributed by atoms with van der Waals surface area (Å²) in [5.74, 6) is 1.51.